The van der Waals surface area contributed by atoms with Crippen LogP contribution in [0.5, 0.6) is 0 Å². The predicted molar refractivity (Wildman–Crippen MR) is 71.6 cm³/mol. The number of hydrogen-bond acceptors (Lipinski definition) is 2. The number of likely N-dealkylation sites (tertiary alicyclic amines) is 1. The van der Waals surface area contributed by atoms with Gasteiger partial charge in [-0.3, -0.25) is 9.59 Å². The van der Waals surface area contributed by atoms with Crippen molar-refractivity contribution < 1.29 is 19.1 Å². The van der Waals surface area contributed by atoms with Crippen LogP contribution < -0.4 is 0 Å². The van der Waals surface area contributed by atoms with E-state index in [0.717, 1.165) is 12.0 Å². The molecule has 0 spiro atoms. The number of benzene rings is 1. The van der Waals surface area contributed by atoms with Crippen molar-refractivity contribution in [3.8, 4) is 0 Å². The molecule has 0 saturated carbocycles. The quantitative estimate of drug-likeness (QED) is 0.921. The number of hydrogen-bond donors (Lipinski definition) is 1. The van der Waals surface area contributed by atoms with Gasteiger partial charge in [0.05, 0.1) is 12.0 Å². The molecule has 2 atom stereocenters. The third-order valence-electron chi connectivity index (χ3n) is 3.76. The van der Waals surface area contributed by atoms with Gasteiger partial charge >= 0.3 is 5.97 Å². The van der Waals surface area contributed by atoms with E-state index in [-0.39, 0.29) is 18.1 Å². The van der Waals surface area contributed by atoms with Crippen LogP contribution in [0.2, 0.25) is 0 Å². The second-order valence-electron chi connectivity index (χ2n) is 5.18. The molecular weight excluding hydrogens is 261 g/mol. The molecule has 0 radical (unpaired) electrons. The molecule has 5 heteroatoms. The van der Waals surface area contributed by atoms with Gasteiger partial charge < -0.3 is 10.0 Å². The Balaban J connectivity index is 2.46. The van der Waals surface area contributed by atoms with Crippen LogP contribution in [0.25, 0.3) is 0 Å². The molecule has 1 fully saturated rings. The number of carboxylic acid groups (broad SMARTS) is 1. The highest BCUT2D eigenvalue weighted by Crippen LogP contribution is 2.39. The maximum absolute atomic E-state index is 13.2. The Bertz CT molecular complexity index is 544. The van der Waals surface area contributed by atoms with E-state index in [1.165, 1.54) is 12.1 Å². The smallest absolute Gasteiger partial charge is 0.309 e. The number of carbonyl (C=O) groups excluding carboxylic acids is 1. The van der Waals surface area contributed by atoms with Crippen LogP contribution >= 0.6 is 0 Å². The second kappa shape index (κ2) is 5.61. The van der Waals surface area contributed by atoms with E-state index in [2.05, 4.69) is 0 Å². The minimum atomic E-state index is -0.981. The minimum absolute atomic E-state index is 0.0107. The maximum atomic E-state index is 13.2. The molecule has 1 aliphatic rings. The molecule has 0 aromatic heterocycles. The van der Waals surface area contributed by atoms with Gasteiger partial charge in [0.2, 0.25) is 5.91 Å². The van der Waals surface area contributed by atoms with E-state index >= 15 is 0 Å². The fourth-order valence-electron chi connectivity index (χ4n) is 2.87. The molecule has 1 heterocycles. The van der Waals surface area contributed by atoms with Crippen molar-refractivity contribution in [2.24, 2.45) is 5.92 Å². The van der Waals surface area contributed by atoms with E-state index < -0.39 is 17.9 Å². The monoisotopic (exact) mass is 279 g/mol. The highest BCUT2D eigenvalue weighted by molar-refractivity contribution is 5.87. The van der Waals surface area contributed by atoms with Gasteiger partial charge in [0.15, 0.2) is 0 Å². The number of nitrogens with zero attached hydrogens (tertiary/aromatic N) is 1. The highest BCUT2D eigenvalue weighted by atomic mass is 19.1. The number of aliphatic carboxylic acids is 1. The van der Waals surface area contributed by atoms with Crippen molar-refractivity contribution in [2.45, 2.75) is 32.7 Å². The lowest BCUT2D eigenvalue weighted by Crippen LogP contribution is -2.31. The third-order valence-corrected chi connectivity index (χ3v) is 3.76. The molecule has 2 rings (SSSR count). The summed E-state index contributed by atoms with van der Waals surface area (Å²) >= 11 is 0. The molecule has 2 unspecified atom stereocenters. The number of rotatable bonds is 4. The summed E-state index contributed by atoms with van der Waals surface area (Å²) in [6.07, 6.45) is 0.769. The molecule has 1 N–H and O–H groups in total. The zero-order chi connectivity index (χ0) is 14.9. The van der Waals surface area contributed by atoms with Gasteiger partial charge in [-0.05, 0) is 36.6 Å². The minimum Gasteiger partial charge on any atom is -0.481 e. The number of amides is 1. The molecule has 1 aromatic rings. The standard InChI is InChI=1S/C15H18FNO3/c1-3-6-17-13(18)8-12(15(19)20)14(17)11-5-4-10(16)7-9(11)2/h4-5,7,12,14H,3,6,8H2,1-2H3,(H,19,20). The van der Waals surface area contributed by atoms with Crippen molar-refractivity contribution in [3.63, 3.8) is 0 Å². The fourth-order valence-corrected chi connectivity index (χ4v) is 2.87. The molecule has 1 aliphatic heterocycles. The van der Waals surface area contributed by atoms with Crippen molar-refractivity contribution in [3.05, 3.63) is 35.1 Å². The lowest BCUT2D eigenvalue weighted by atomic mass is 9.91. The van der Waals surface area contributed by atoms with E-state index in [0.29, 0.717) is 12.1 Å². The fraction of sp³-hybridized carbons (Fsp3) is 0.467. The summed E-state index contributed by atoms with van der Waals surface area (Å²) in [5, 5.41) is 9.34. The molecule has 108 valence electrons. The Hall–Kier alpha value is -1.91. The Morgan fingerprint density at radius 2 is 2.20 bits per heavy atom. The van der Waals surface area contributed by atoms with Gasteiger partial charge in [0.25, 0.3) is 0 Å². The predicted octanol–water partition coefficient (Wildman–Crippen LogP) is 2.52. The van der Waals surface area contributed by atoms with Crippen LogP contribution in [0.4, 0.5) is 4.39 Å². The van der Waals surface area contributed by atoms with Gasteiger partial charge in [-0.2, -0.15) is 0 Å². The van der Waals surface area contributed by atoms with Gasteiger partial charge in [0, 0.05) is 13.0 Å². The first-order valence-corrected chi connectivity index (χ1v) is 6.74. The Morgan fingerprint density at radius 3 is 2.75 bits per heavy atom. The van der Waals surface area contributed by atoms with E-state index in [9.17, 15) is 19.1 Å². The van der Waals surface area contributed by atoms with Gasteiger partial charge in [-0.1, -0.05) is 13.0 Å². The van der Waals surface area contributed by atoms with Crippen LogP contribution in [0, 0.1) is 18.7 Å². The third kappa shape index (κ3) is 2.53. The summed E-state index contributed by atoms with van der Waals surface area (Å²) in [5.41, 5.74) is 1.40. The first kappa shape index (κ1) is 14.5. The van der Waals surface area contributed by atoms with E-state index in [4.69, 9.17) is 0 Å². The Kier molecular flexibility index (Phi) is 4.06. The van der Waals surface area contributed by atoms with Crippen LogP contribution in [0.1, 0.15) is 36.9 Å². The number of aryl methyl sites for hydroxylation is 1. The van der Waals surface area contributed by atoms with Crippen molar-refractivity contribution in [1.29, 1.82) is 0 Å². The molecule has 1 saturated heterocycles. The molecule has 0 bridgehead atoms. The lowest BCUT2D eigenvalue weighted by molar-refractivity contribution is -0.142. The molecule has 4 nitrogen and oxygen atoms in total. The maximum Gasteiger partial charge on any atom is 0.309 e. The summed E-state index contributed by atoms with van der Waals surface area (Å²) < 4.78 is 13.2. The molecule has 0 aliphatic carbocycles. The molecule has 20 heavy (non-hydrogen) atoms. The van der Waals surface area contributed by atoms with Gasteiger partial charge in [-0.15, -0.1) is 0 Å². The van der Waals surface area contributed by atoms with E-state index in [1.54, 1.807) is 17.9 Å². The van der Waals surface area contributed by atoms with Crippen LogP contribution in [0.3, 0.4) is 0 Å². The number of carbonyl (C=O) groups is 2. The molecular formula is C15H18FNO3. The van der Waals surface area contributed by atoms with Gasteiger partial charge in [-0.25, -0.2) is 4.39 Å². The van der Waals surface area contributed by atoms with Crippen molar-refractivity contribution >= 4 is 11.9 Å². The molecule has 1 aromatic carbocycles. The summed E-state index contributed by atoms with van der Waals surface area (Å²) in [6.45, 7) is 4.20. The zero-order valence-electron chi connectivity index (χ0n) is 11.6. The SMILES string of the molecule is CCCN1C(=O)CC(C(=O)O)C1c1ccc(F)cc1C. The largest absolute Gasteiger partial charge is 0.481 e. The Morgan fingerprint density at radius 1 is 1.50 bits per heavy atom. The average Bonchev–Trinajstić information content (AvgIpc) is 2.68. The summed E-state index contributed by atoms with van der Waals surface area (Å²) in [4.78, 5) is 25.0. The van der Waals surface area contributed by atoms with Gasteiger partial charge in [0.1, 0.15) is 5.82 Å². The van der Waals surface area contributed by atoms with Crippen molar-refractivity contribution in [2.75, 3.05) is 6.54 Å². The van der Waals surface area contributed by atoms with E-state index in [1.807, 2.05) is 6.92 Å². The first-order chi connectivity index (χ1) is 9.45. The van der Waals surface area contributed by atoms with Crippen LogP contribution in [0.15, 0.2) is 18.2 Å². The first-order valence-electron chi connectivity index (χ1n) is 6.74. The summed E-state index contributed by atoms with van der Waals surface area (Å²) in [6, 6.07) is 3.78. The average molecular weight is 279 g/mol. The normalized spacial score (nSPS) is 22.4. The highest BCUT2D eigenvalue weighted by Gasteiger charge is 2.44. The second-order valence-corrected chi connectivity index (χ2v) is 5.18. The molecule has 1 amide bonds. The summed E-state index contributed by atoms with van der Waals surface area (Å²) in [5.74, 6) is -2.25. The van der Waals surface area contributed by atoms with Crippen LogP contribution in [-0.2, 0) is 9.59 Å². The van der Waals surface area contributed by atoms with Crippen molar-refractivity contribution in [1.82, 2.24) is 4.90 Å². The van der Waals surface area contributed by atoms with Crippen LogP contribution in [-0.4, -0.2) is 28.4 Å². The number of halogens is 1. The topological polar surface area (TPSA) is 57.6 Å². The zero-order valence-corrected chi connectivity index (χ0v) is 11.6. The lowest BCUT2D eigenvalue weighted by Gasteiger charge is -2.28. The number of carboxylic acids is 1. The Labute approximate surface area is 117 Å². The summed E-state index contributed by atoms with van der Waals surface area (Å²) in [7, 11) is 0.